The predicted octanol–water partition coefficient (Wildman–Crippen LogP) is 3.18. The van der Waals surface area contributed by atoms with Crippen LogP contribution in [0.5, 0.6) is 5.75 Å². The Hall–Kier alpha value is -2.02. The van der Waals surface area contributed by atoms with E-state index in [1.54, 1.807) is 0 Å². The van der Waals surface area contributed by atoms with Crippen molar-refractivity contribution in [3.63, 3.8) is 0 Å². The van der Waals surface area contributed by atoms with Gasteiger partial charge in [-0.1, -0.05) is 37.7 Å². The molecule has 0 fully saturated rings. The molecule has 1 heterocycles. The lowest BCUT2D eigenvalue weighted by atomic mass is 10.0. The molecule has 0 unspecified atom stereocenters. The van der Waals surface area contributed by atoms with Gasteiger partial charge in [0.15, 0.2) is 11.0 Å². The summed E-state index contributed by atoms with van der Waals surface area (Å²) in [5.41, 5.74) is 1.22. The standard InChI is InChI=1S/C16H21N3O3S/c1-4-19-14(17-18-16(19)23-10-15(20)21)9-22-13-7-5-6-12(8-13)11(2)3/h5-8,11H,4,9-10H2,1-3H3,(H,20,21). The largest absolute Gasteiger partial charge is 0.486 e. The summed E-state index contributed by atoms with van der Waals surface area (Å²) in [5.74, 6) is 1.02. The van der Waals surface area contributed by atoms with Crippen molar-refractivity contribution in [2.45, 2.75) is 45.0 Å². The van der Waals surface area contributed by atoms with Gasteiger partial charge in [-0.05, 0) is 30.5 Å². The zero-order valence-corrected chi connectivity index (χ0v) is 14.3. The van der Waals surface area contributed by atoms with E-state index in [0.29, 0.717) is 30.1 Å². The lowest BCUT2D eigenvalue weighted by Crippen LogP contribution is -2.08. The number of carbonyl (C=O) groups is 1. The lowest BCUT2D eigenvalue weighted by Gasteiger charge is -2.10. The number of carboxylic acids is 1. The summed E-state index contributed by atoms with van der Waals surface area (Å²) < 4.78 is 7.69. The van der Waals surface area contributed by atoms with Gasteiger partial charge < -0.3 is 14.4 Å². The van der Waals surface area contributed by atoms with Crippen LogP contribution in [0.4, 0.5) is 0 Å². The highest BCUT2D eigenvalue weighted by Crippen LogP contribution is 2.22. The molecule has 0 bridgehead atoms. The third-order valence-electron chi connectivity index (χ3n) is 3.33. The minimum Gasteiger partial charge on any atom is -0.486 e. The van der Waals surface area contributed by atoms with Gasteiger partial charge in [0.1, 0.15) is 12.4 Å². The van der Waals surface area contributed by atoms with Crippen LogP contribution in [0, 0.1) is 0 Å². The molecule has 0 saturated carbocycles. The van der Waals surface area contributed by atoms with Crippen molar-refractivity contribution < 1.29 is 14.6 Å². The summed E-state index contributed by atoms with van der Waals surface area (Å²) in [6.45, 7) is 7.21. The third kappa shape index (κ3) is 4.72. The SMILES string of the molecule is CCn1c(COc2cccc(C(C)C)c2)nnc1SCC(=O)O. The fraction of sp³-hybridized carbons (Fsp3) is 0.438. The molecule has 0 saturated heterocycles. The zero-order valence-electron chi connectivity index (χ0n) is 13.5. The molecule has 1 aromatic carbocycles. The Morgan fingerprint density at radius 3 is 2.83 bits per heavy atom. The molecule has 0 aliphatic rings. The summed E-state index contributed by atoms with van der Waals surface area (Å²) in [5, 5.41) is 17.5. The first-order valence-corrected chi connectivity index (χ1v) is 8.49. The van der Waals surface area contributed by atoms with Crippen LogP contribution in [-0.2, 0) is 17.9 Å². The van der Waals surface area contributed by atoms with Gasteiger partial charge in [0, 0.05) is 6.54 Å². The molecule has 0 amide bonds. The Balaban J connectivity index is 2.05. The van der Waals surface area contributed by atoms with Crippen LogP contribution in [0.2, 0.25) is 0 Å². The molecule has 1 aromatic heterocycles. The van der Waals surface area contributed by atoms with E-state index in [2.05, 4.69) is 30.1 Å². The minimum atomic E-state index is -0.871. The number of hydrogen-bond acceptors (Lipinski definition) is 5. The lowest BCUT2D eigenvalue weighted by molar-refractivity contribution is -0.133. The number of hydrogen-bond donors (Lipinski definition) is 1. The third-order valence-corrected chi connectivity index (χ3v) is 4.28. The molecule has 2 aromatic rings. The number of carboxylic acid groups (broad SMARTS) is 1. The highest BCUT2D eigenvalue weighted by Gasteiger charge is 2.13. The van der Waals surface area contributed by atoms with E-state index in [1.165, 1.54) is 5.56 Å². The normalized spacial score (nSPS) is 11.0. The van der Waals surface area contributed by atoms with Crippen molar-refractivity contribution in [1.82, 2.24) is 14.8 Å². The van der Waals surface area contributed by atoms with Crippen molar-refractivity contribution in [1.29, 1.82) is 0 Å². The number of rotatable bonds is 8. The molecule has 0 aliphatic carbocycles. The molecule has 0 radical (unpaired) electrons. The van der Waals surface area contributed by atoms with Crippen molar-refractivity contribution >= 4 is 17.7 Å². The van der Waals surface area contributed by atoms with Crippen LogP contribution < -0.4 is 4.74 Å². The van der Waals surface area contributed by atoms with E-state index < -0.39 is 5.97 Å². The summed E-state index contributed by atoms with van der Waals surface area (Å²) in [6.07, 6.45) is 0. The Labute approximate surface area is 139 Å². The molecule has 6 nitrogen and oxygen atoms in total. The first kappa shape index (κ1) is 17.3. The molecule has 7 heteroatoms. The van der Waals surface area contributed by atoms with E-state index >= 15 is 0 Å². The summed E-state index contributed by atoms with van der Waals surface area (Å²) >= 11 is 1.16. The Morgan fingerprint density at radius 2 is 2.17 bits per heavy atom. The van der Waals surface area contributed by atoms with Crippen LogP contribution in [0.1, 0.15) is 38.1 Å². The number of aliphatic carboxylic acids is 1. The average molecular weight is 335 g/mol. The number of ether oxygens (including phenoxy) is 1. The van der Waals surface area contributed by atoms with Crippen molar-refractivity contribution in [3.05, 3.63) is 35.7 Å². The Morgan fingerprint density at radius 1 is 1.39 bits per heavy atom. The van der Waals surface area contributed by atoms with Gasteiger partial charge in [-0.3, -0.25) is 4.79 Å². The minimum absolute atomic E-state index is 0.0323. The predicted molar refractivity (Wildman–Crippen MR) is 88.9 cm³/mol. The summed E-state index contributed by atoms with van der Waals surface area (Å²) in [6, 6.07) is 7.99. The van der Waals surface area contributed by atoms with Crippen molar-refractivity contribution in [2.75, 3.05) is 5.75 Å². The maximum absolute atomic E-state index is 10.7. The Bertz CT molecular complexity index is 670. The Kier molecular flexibility index (Phi) is 6.04. The maximum Gasteiger partial charge on any atom is 0.313 e. The highest BCUT2D eigenvalue weighted by atomic mass is 32.2. The van der Waals surface area contributed by atoms with Crippen molar-refractivity contribution in [3.8, 4) is 5.75 Å². The van der Waals surface area contributed by atoms with Gasteiger partial charge in [-0.15, -0.1) is 10.2 Å². The van der Waals surface area contributed by atoms with E-state index in [-0.39, 0.29) is 5.75 Å². The summed E-state index contributed by atoms with van der Waals surface area (Å²) in [7, 11) is 0. The van der Waals surface area contributed by atoms with Crippen LogP contribution >= 0.6 is 11.8 Å². The smallest absolute Gasteiger partial charge is 0.313 e. The first-order chi connectivity index (χ1) is 11.0. The van der Waals surface area contributed by atoms with E-state index in [0.717, 1.165) is 17.5 Å². The molecule has 0 atom stereocenters. The second kappa shape index (κ2) is 8.01. The van der Waals surface area contributed by atoms with E-state index in [9.17, 15) is 4.79 Å². The maximum atomic E-state index is 10.7. The van der Waals surface area contributed by atoms with Crippen LogP contribution in [-0.4, -0.2) is 31.6 Å². The summed E-state index contributed by atoms with van der Waals surface area (Å²) in [4.78, 5) is 10.7. The fourth-order valence-electron chi connectivity index (χ4n) is 2.09. The molecule has 124 valence electrons. The van der Waals surface area contributed by atoms with Crippen LogP contribution in [0.3, 0.4) is 0 Å². The molecule has 23 heavy (non-hydrogen) atoms. The molecule has 0 aliphatic heterocycles. The topological polar surface area (TPSA) is 77.2 Å². The molecule has 0 spiro atoms. The molecular formula is C16H21N3O3S. The van der Waals surface area contributed by atoms with Crippen LogP contribution in [0.15, 0.2) is 29.4 Å². The monoisotopic (exact) mass is 335 g/mol. The quantitative estimate of drug-likeness (QED) is 0.747. The van der Waals surface area contributed by atoms with Gasteiger partial charge in [-0.2, -0.15) is 0 Å². The first-order valence-electron chi connectivity index (χ1n) is 7.50. The second-order valence-corrected chi connectivity index (χ2v) is 6.28. The van der Waals surface area contributed by atoms with Crippen molar-refractivity contribution in [2.24, 2.45) is 0 Å². The number of aromatic nitrogens is 3. The highest BCUT2D eigenvalue weighted by molar-refractivity contribution is 7.99. The van der Waals surface area contributed by atoms with E-state index in [1.807, 2.05) is 29.7 Å². The van der Waals surface area contributed by atoms with Gasteiger partial charge >= 0.3 is 5.97 Å². The molecule has 2 rings (SSSR count). The fourth-order valence-corrected chi connectivity index (χ4v) is 2.83. The van der Waals surface area contributed by atoms with Gasteiger partial charge in [-0.25, -0.2) is 0 Å². The number of thioether (sulfide) groups is 1. The van der Waals surface area contributed by atoms with Crippen LogP contribution in [0.25, 0.3) is 0 Å². The number of nitrogens with zero attached hydrogens (tertiary/aromatic N) is 3. The van der Waals surface area contributed by atoms with Gasteiger partial charge in [0.2, 0.25) is 0 Å². The van der Waals surface area contributed by atoms with E-state index in [4.69, 9.17) is 9.84 Å². The van der Waals surface area contributed by atoms with Gasteiger partial charge in [0.25, 0.3) is 0 Å². The number of benzene rings is 1. The molecular weight excluding hydrogens is 314 g/mol. The zero-order chi connectivity index (χ0) is 16.8. The van der Waals surface area contributed by atoms with Gasteiger partial charge in [0.05, 0.1) is 5.75 Å². The average Bonchev–Trinajstić information content (AvgIpc) is 2.93. The molecule has 1 N–H and O–H groups in total. The second-order valence-electron chi connectivity index (χ2n) is 5.34.